The second-order valence-electron chi connectivity index (χ2n) is 3.91. The molecule has 1 heterocycles. The van der Waals surface area contributed by atoms with Crippen LogP contribution in [0, 0.1) is 0 Å². The molecular formula is C12H18N2S. The minimum absolute atomic E-state index is 0.640. The van der Waals surface area contributed by atoms with E-state index in [2.05, 4.69) is 40.9 Å². The van der Waals surface area contributed by atoms with E-state index in [0.29, 0.717) is 6.54 Å². The summed E-state index contributed by atoms with van der Waals surface area (Å²) >= 11 is 2.06. The lowest BCUT2D eigenvalue weighted by Crippen LogP contribution is -2.31. The number of hydrogen-bond acceptors (Lipinski definition) is 3. The Hall–Kier alpha value is -0.510. The van der Waals surface area contributed by atoms with Gasteiger partial charge in [0.15, 0.2) is 0 Å². The van der Waals surface area contributed by atoms with E-state index in [4.69, 9.17) is 5.73 Å². The first-order valence-electron chi connectivity index (χ1n) is 5.46. The fourth-order valence-corrected chi connectivity index (χ4v) is 2.78. The zero-order valence-electron chi connectivity index (χ0n) is 8.98. The molecule has 1 aromatic carbocycles. The summed E-state index contributed by atoms with van der Waals surface area (Å²) in [6, 6.07) is 8.66. The van der Waals surface area contributed by atoms with Crippen molar-refractivity contribution in [1.82, 2.24) is 4.90 Å². The highest BCUT2D eigenvalue weighted by atomic mass is 32.2. The van der Waals surface area contributed by atoms with E-state index in [1.54, 1.807) is 0 Å². The summed E-state index contributed by atoms with van der Waals surface area (Å²) in [5, 5.41) is 0. The van der Waals surface area contributed by atoms with Gasteiger partial charge in [-0.3, -0.25) is 4.90 Å². The first-order chi connectivity index (χ1) is 7.38. The first kappa shape index (κ1) is 11.0. The molecule has 1 fully saturated rings. The minimum atomic E-state index is 0.640. The molecule has 2 rings (SSSR count). The number of benzene rings is 1. The molecular weight excluding hydrogens is 204 g/mol. The number of thioether (sulfide) groups is 1. The van der Waals surface area contributed by atoms with Gasteiger partial charge < -0.3 is 5.73 Å². The maximum absolute atomic E-state index is 5.57. The molecule has 0 aliphatic carbocycles. The SMILES string of the molecule is NCc1ccc(CN2CCSCC2)cc1. The molecule has 0 unspecified atom stereocenters. The molecule has 82 valence electrons. The standard InChI is InChI=1S/C12H18N2S/c13-9-11-1-3-12(4-2-11)10-14-5-7-15-8-6-14/h1-4H,5-10,13H2. The molecule has 0 atom stereocenters. The van der Waals surface area contributed by atoms with Gasteiger partial charge in [-0.1, -0.05) is 24.3 Å². The molecule has 1 aliphatic heterocycles. The fourth-order valence-electron chi connectivity index (χ4n) is 1.80. The van der Waals surface area contributed by atoms with Gasteiger partial charge in [0.2, 0.25) is 0 Å². The van der Waals surface area contributed by atoms with Crippen LogP contribution < -0.4 is 5.73 Å². The van der Waals surface area contributed by atoms with E-state index in [0.717, 1.165) is 6.54 Å². The van der Waals surface area contributed by atoms with E-state index < -0.39 is 0 Å². The summed E-state index contributed by atoms with van der Waals surface area (Å²) in [6.45, 7) is 4.18. The van der Waals surface area contributed by atoms with E-state index in [9.17, 15) is 0 Å². The van der Waals surface area contributed by atoms with Crippen LogP contribution in [0.2, 0.25) is 0 Å². The molecule has 2 nitrogen and oxygen atoms in total. The second kappa shape index (κ2) is 5.54. The van der Waals surface area contributed by atoms with Crippen LogP contribution in [0.25, 0.3) is 0 Å². The molecule has 0 aromatic heterocycles. The van der Waals surface area contributed by atoms with Crippen LogP contribution in [0.5, 0.6) is 0 Å². The lowest BCUT2D eigenvalue weighted by molar-refractivity contribution is 0.294. The Morgan fingerprint density at radius 1 is 1.07 bits per heavy atom. The number of rotatable bonds is 3. The van der Waals surface area contributed by atoms with Crippen molar-refractivity contribution in [2.24, 2.45) is 5.73 Å². The topological polar surface area (TPSA) is 29.3 Å². The van der Waals surface area contributed by atoms with Gasteiger partial charge in [-0.25, -0.2) is 0 Å². The third-order valence-corrected chi connectivity index (χ3v) is 3.71. The summed E-state index contributed by atoms with van der Waals surface area (Å²) in [7, 11) is 0. The van der Waals surface area contributed by atoms with Crippen LogP contribution in [-0.4, -0.2) is 29.5 Å². The molecule has 2 N–H and O–H groups in total. The van der Waals surface area contributed by atoms with Crippen molar-refractivity contribution >= 4 is 11.8 Å². The van der Waals surface area contributed by atoms with Crippen molar-refractivity contribution in [3.63, 3.8) is 0 Å². The van der Waals surface area contributed by atoms with Gasteiger partial charge in [0.25, 0.3) is 0 Å². The molecule has 0 saturated carbocycles. The third-order valence-electron chi connectivity index (χ3n) is 2.77. The Morgan fingerprint density at radius 2 is 1.67 bits per heavy atom. The highest BCUT2D eigenvalue weighted by molar-refractivity contribution is 7.99. The van der Waals surface area contributed by atoms with Gasteiger partial charge in [0, 0.05) is 37.7 Å². The summed E-state index contributed by atoms with van der Waals surface area (Å²) in [6.07, 6.45) is 0. The molecule has 0 bridgehead atoms. The van der Waals surface area contributed by atoms with Crippen molar-refractivity contribution in [1.29, 1.82) is 0 Å². The summed E-state index contributed by atoms with van der Waals surface area (Å²) in [5.41, 5.74) is 8.19. The van der Waals surface area contributed by atoms with Crippen LogP contribution >= 0.6 is 11.8 Å². The molecule has 0 radical (unpaired) electrons. The van der Waals surface area contributed by atoms with Crippen molar-refractivity contribution in [2.45, 2.75) is 13.1 Å². The molecule has 0 amide bonds. The van der Waals surface area contributed by atoms with Crippen molar-refractivity contribution in [2.75, 3.05) is 24.6 Å². The Morgan fingerprint density at radius 3 is 2.27 bits per heavy atom. The summed E-state index contributed by atoms with van der Waals surface area (Å²) < 4.78 is 0. The zero-order valence-corrected chi connectivity index (χ0v) is 9.80. The molecule has 15 heavy (non-hydrogen) atoms. The highest BCUT2D eigenvalue weighted by Gasteiger charge is 2.10. The molecule has 3 heteroatoms. The molecule has 1 aliphatic rings. The Balaban J connectivity index is 1.91. The van der Waals surface area contributed by atoms with E-state index in [-0.39, 0.29) is 0 Å². The summed E-state index contributed by atoms with van der Waals surface area (Å²) in [5.74, 6) is 2.56. The van der Waals surface area contributed by atoms with Crippen LogP contribution in [-0.2, 0) is 13.1 Å². The van der Waals surface area contributed by atoms with Gasteiger partial charge in [0.1, 0.15) is 0 Å². The Labute approximate surface area is 95.8 Å². The van der Waals surface area contributed by atoms with Crippen LogP contribution in [0.3, 0.4) is 0 Å². The Kier molecular flexibility index (Phi) is 4.06. The van der Waals surface area contributed by atoms with Crippen molar-refractivity contribution in [3.8, 4) is 0 Å². The largest absolute Gasteiger partial charge is 0.326 e. The monoisotopic (exact) mass is 222 g/mol. The zero-order chi connectivity index (χ0) is 10.5. The third kappa shape index (κ3) is 3.23. The first-order valence-corrected chi connectivity index (χ1v) is 6.62. The minimum Gasteiger partial charge on any atom is -0.326 e. The summed E-state index contributed by atoms with van der Waals surface area (Å²) in [4.78, 5) is 2.52. The normalized spacial score (nSPS) is 17.9. The van der Waals surface area contributed by atoms with Crippen LogP contribution in [0.4, 0.5) is 0 Å². The lowest BCUT2D eigenvalue weighted by atomic mass is 10.1. The molecule has 1 aromatic rings. The van der Waals surface area contributed by atoms with Gasteiger partial charge >= 0.3 is 0 Å². The maximum Gasteiger partial charge on any atom is 0.0234 e. The van der Waals surface area contributed by atoms with Crippen molar-refractivity contribution in [3.05, 3.63) is 35.4 Å². The number of nitrogens with zero attached hydrogens (tertiary/aromatic N) is 1. The van der Waals surface area contributed by atoms with Crippen LogP contribution in [0.15, 0.2) is 24.3 Å². The molecule has 1 saturated heterocycles. The highest BCUT2D eigenvalue weighted by Crippen LogP contribution is 2.13. The van der Waals surface area contributed by atoms with Gasteiger partial charge in [-0.05, 0) is 11.1 Å². The van der Waals surface area contributed by atoms with Crippen LogP contribution in [0.1, 0.15) is 11.1 Å². The maximum atomic E-state index is 5.57. The number of nitrogens with two attached hydrogens (primary N) is 1. The van der Waals surface area contributed by atoms with Gasteiger partial charge in [-0.2, -0.15) is 11.8 Å². The quantitative estimate of drug-likeness (QED) is 0.844. The predicted octanol–water partition coefficient (Wildman–Crippen LogP) is 1.69. The predicted molar refractivity (Wildman–Crippen MR) is 66.9 cm³/mol. The van der Waals surface area contributed by atoms with Gasteiger partial charge in [-0.15, -0.1) is 0 Å². The smallest absolute Gasteiger partial charge is 0.0234 e. The second-order valence-corrected chi connectivity index (χ2v) is 5.13. The average molecular weight is 222 g/mol. The van der Waals surface area contributed by atoms with Gasteiger partial charge in [0.05, 0.1) is 0 Å². The van der Waals surface area contributed by atoms with Crippen molar-refractivity contribution < 1.29 is 0 Å². The lowest BCUT2D eigenvalue weighted by Gasteiger charge is -2.26. The number of hydrogen-bond donors (Lipinski definition) is 1. The van der Waals surface area contributed by atoms with E-state index >= 15 is 0 Å². The van der Waals surface area contributed by atoms with E-state index in [1.165, 1.54) is 35.7 Å². The fraction of sp³-hybridized carbons (Fsp3) is 0.500. The molecule has 0 spiro atoms. The Bertz CT molecular complexity index is 291. The average Bonchev–Trinajstić information content (AvgIpc) is 2.31. The van der Waals surface area contributed by atoms with E-state index in [1.807, 2.05) is 0 Å².